The molecule has 0 aromatic heterocycles. The molecule has 0 saturated carbocycles. The Morgan fingerprint density at radius 3 is 2.58 bits per heavy atom. The van der Waals surface area contributed by atoms with Crippen molar-refractivity contribution in [3.63, 3.8) is 0 Å². The van der Waals surface area contributed by atoms with Crippen molar-refractivity contribution in [2.24, 2.45) is 0 Å². The molecule has 0 aliphatic heterocycles. The highest BCUT2D eigenvalue weighted by Crippen LogP contribution is 2.29. The van der Waals surface area contributed by atoms with Crippen LogP contribution < -0.4 is 14.8 Å². The predicted octanol–water partition coefficient (Wildman–Crippen LogP) is 3.64. The van der Waals surface area contributed by atoms with Crippen molar-refractivity contribution < 1.29 is 14.3 Å². The minimum atomic E-state index is -0.461. The van der Waals surface area contributed by atoms with Crippen LogP contribution in [0.1, 0.15) is 12.5 Å². The maximum atomic E-state index is 12.2. The summed E-state index contributed by atoms with van der Waals surface area (Å²) in [4.78, 5) is 12.2. The molecule has 5 heteroatoms. The lowest BCUT2D eigenvalue weighted by molar-refractivity contribution is -0.112. The van der Waals surface area contributed by atoms with Gasteiger partial charge in [0.1, 0.15) is 11.6 Å². The van der Waals surface area contributed by atoms with Gasteiger partial charge in [0.05, 0.1) is 13.7 Å². The highest BCUT2D eigenvalue weighted by molar-refractivity contribution is 6.09. The van der Waals surface area contributed by atoms with Gasteiger partial charge in [0.25, 0.3) is 5.91 Å². The van der Waals surface area contributed by atoms with Gasteiger partial charge in [-0.3, -0.25) is 4.79 Å². The molecular weight excluding hydrogens is 304 g/mol. The summed E-state index contributed by atoms with van der Waals surface area (Å²) in [5, 5.41) is 12.0. The first kappa shape index (κ1) is 17.1. The Balaban J connectivity index is 2.25. The minimum Gasteiger partial charge on any atom is -0.493 e. The molecule has 24 heavy (non-hydrogen) atoms. The Morgan fingerprint density at radius 2 is 1.96 bits per heavy atom. The second-order valence-corrected chi connectivity index (χ2v) is 4.83. The van der Waals surface area contributed by atoms with Crippen LogP contribution in [0.3, 0.4) is 0 Å². The second kappa shape index (κ2) is 8.39. The fourth-order valence-corrected chi connectivity index (χ4v) is 2.09. The molecule has 5 nitrogen and oxygen atoms in total. The largest absolute Gasteiger partial charge is 0.493 e. The highest BCUT2D eigenvalue weighted by atomic mass is 16.5. The maximum absolute atomic E-state index is 12.2. The summed E-state index contributed by atoms with van der Waals surface area (Å²) < 4.78 is 10.7. The summed E-state index contributed by atoms with van der Waals surface area (Å²) in [5.74, 6) is 0.702. The van der Waals surface area contributed by atoms with Crippen LogP contribution in [0.25, 0.3) is 6.08 Å². The summed E-state index contributed by atoms with van der Waals surface area (Å²) in [6.07, 6.45) is 1.51. The number of hydrogen-bond donors (Lipinski definition) is 1. The number of benzene rings is 2. The zero-order valence-electron chi connectivity index (χ0n) is 13.6. The zero-order chi connectivity index (χ0) is 17.4. The Labute approximate surface area is 141 Å². The van der Waals surface area contributed by atoms with E-state index in [9.17, 15) is 10.1 Å². The lowest BCUT2D eigenvalue weighted by atomic mass is 10.1. The Hall–Kier alpha value is -3.26. The average molecular weight is 322 g/mol. The van der Waals surface area contributed by atoms with Gasteiger partial charge in [-0.2, -0.15) is 5.26 Å². The van der Waals surface area contributed by atoms with Gasteiger partial charge >= 0.3 is 0 Å². The fourth-order valence-electron chi connectivity index (χ4n) is 2.09. The molecule has 0 heterocycles. The topological polar surface area (TPSA) is 71.3 Å². The van der Waals surface area contributed by atoms with E-state index in [1.807, 2.05) is 31.2 Å². The van der Waals surface area contributed by atoms with Crippen LogP contribution in [0.4, 0.5) is 5.69 Å². The number of anilines is 1. The Kier molecular flexibility index (Phi) is 5.98. The third kappa shape index (κ3) is 4.37. The highest BCUT2D eigenvalue weighted by Gasteiger charge is 2.11. The summed E-state index contributed by atoms with van der Waals surface area (Å²) in [7, 11) is 1.56. The normalized spacial score (nSPS) is 10.6. The molecule has 2 aromatic rings. The number of nitrogens with one attached hydrogen (secondary N) is 1. The van der Waals surface area contributed by atoms with E-state index in [1.54, 1.807) is 37.4 Å². The first-order valence-corrected chi connectivity index (χ1v) is 7.47. The molecule has 0 atom stereocenters. The standard InChI is InChI=1S/C19H18N2O3/c1-3-24-18-12-14(9-10-17(18)23-2)11-15(13-20)19(22)21-16-7-5-4-6-8-16/h4-12H,3H2,1-2H3,(H,21,22)/b15-11+. The van der Waals surface area contributed by atoms with Crippen LogP contribution in [-0.4, -0.2) is 19.6 Å². The van der Waals surface area contributed by atoms with E-state index < -0.39 is 5.91 Å². The predicted molar refractivity (Wildman–Crippen MR) is 92.8 cm³/mol. The van der Waals surface area contributed by atoms with Crippen molar-refractivity contribution >= 4 is 17.7 Å². The number of para-hydroxylation sites is 1. The van der Waals surface area contributed by atoms with E-state index in [0.717, 1.165) is 0 Å². The number of nitrogens with zero attached hydrogens (tertiary/aromatic N) is 1. The first-order chi connectivity index (χ1) is 11.7. The number of carbonyl (C=O) groups is 1. The zero-order valence-corrected chi connectivity index (χ0v) is 13.6. The van der Waals surface area contributed by atoms with Gasteiger partial charge < -0.3 is 14.8 Å². The van der Waals surface area contributed by atoms with Crippen LogP contribution in [0.15, 0.2) is 54.1 Å². The molecular formula is C19H18N2O3. The van der Waals surface area contributed by atoms with Gasteiger partial charge in [-0.15, -0.1) is 0 Å². The minimum absolute atomic E-state index is 0.00599. The van der Waals surface area contributed by atoms with Gasteiger partial charge in [-0.1, -0.05) is 24.3 Å². The quantitative estimate of drug-likeness (QED) is 0.651. The summed E-state index contributed by atoms with van der Waals surface area (Å²) in [6, 6.07) is 16.1. The molecule has 0 unspecified atom stereocenters. The van der Waals surface area contributed by atoms with E-state index in [2.05, 4.69) is 5.32 Å². The lowest BCUT2D eigenvalue weighted by Gasteiger charge is -2.10. The summed E-state index contributed by atoms with van der Waals surface area (Å²) in [6.45, 7) is 2.36. The molecule has 1 N–H and O–H groups in total. The van der Waals surface area contributed by atoms with E-state index in [0.29, 0.717) is 29.4 Å². The number of ether oxygens (including phenoxy) is 2. The van der Waals surface area contributed by atoms with Crippen LogP contribution in [0.5, 0.6) is 11.5 Å². The lowest BCUT2D eigenvalue weighted by Crippen LogP contribution is -2.13. The maximum Gasteiger partial charge on any atom is 0.266 e. The van der Waals surface area contributed by atoms with E-state index >= 15 is 0 Å². The number of nitriles is 1. The molecule has 0 saturated heterocycles. The monoisotopic (exact) mass is 322 g/mol. The number of carbonyl (C=O) groups excluding carboxylic acids is 1. The first-order valence-electron chi connectivity index (χ1n) is 7.47. The third-order valence-corrected chi connectivity index (χ3v) is 3.20. The van der Waals surface area contributed by atoms with Crippen LogP contribution in [0, 0.1) is 11.3 Å². The second-order valence-electron chi connectivity index (χ2n) is 4.83. The number of rotatable bonds is 6. The number of amides is 1. The Morgan fingerprint density at radius 1 is 1.21 bits per heavy atom. The van der Waals surface area contributed by atoms with Crippen LogP contribution >= 0.6 is 0 Å². The molecule has 2 rings (SSSR count). The van der Waals surface area contributed by atoms with Gasteiger partial charge in [0.15, 0.2) is 11.5 Å². The van der Waals surface area contributed by atoms with Gasteiger partial charge in [0, 0.05) is 5.69 Å². The molecule has 122 valence electrons. The van der Waals surface area contributed by atoms with E-state index in [1.165, 1.54) is 6.08 Å². The molecule has 0 aliphatic rings. The smallest absolute Gasteiger partial charge is 0.266 e. The molecule has 0 aliphatic carbocycles. The molecule has 0 spiro atoms. The average Bonchev–Trinajstić information content (AvgIpc) is 2.61. The van der Waals surface area contributed by atoms with E-state index in [-0.39, 0.29) is 5.57 Å². The molecule has 2 aromatic carbocycles. The Bertz CT molecular complexity index is 777. The fraction of sp³-hybridized carbons (Fsp3) is 0.158. The van der Waals surface area contributed by atoms with Crippen LogP contribution in [-0.2, 0) is 4.79 Å². The molecule has 0 fully saturated rings. The van der Waals surface area contributed by atoms with Crippen LogP contribution in [0.2, 0.25) is 0 Å². The van der Waals surface area contributed by atoms with Crippen molar-refractivity contribution in [3.8, 4) is 17.6 Å². The van der Waals surface area contributed by atoms with Crippen molar-refractivity contribution in [1.82, 2.24) is 0 Å². The van der Waals surface area contributed by atoms with Crippen molar-refractivity contribution in [2.45, 2.75) is 6.92 Å². The van der Waals surface area contributed by atoms with Crippen molar-refractivity contribution in [1.29, 1.82) is 5.26 Å². The van der Waals surface area contributed by atoms with Crippen molar-refractivity contribution in [2.75, 3.05) is 19.0 Å². The number of hydrogen-bond acceptors (Lipinski definition) is 4. The SMILES string of the molecule is CCOc1cc(/C=C(\C#N)C(=O)Nc2ccccc2)ccc1OC. The van der Waals surface area contributed by atoms with Gasteiger partial charge in [-0.25, -0.2) is 0 Å². The van der Waals surface area contributed by atoms with Crippen molar-refractivity contribution in [3.05, 3.63) is 59.7 Å². The number of methoxy groups -OCH3 is 1. The van der Waals surface area contributed by atoms with Gasteiger partial charge in [0.2, 0.25) is 0 Å². The van der Waals surface area contributed by atoms with Gasteiger partial charge in [-0.05, 0) is 42.8 Å². The third-order valence-electron chi connectivity index (χ3n) is 3.20. The summed E-state index contributed by atoms with van der Waals surface area (Å²) >= 11 is 0. The molecule has 0 bridgehead atoms. The van der Waals surface area contributed by atoms with E-state index in [4.69, 9.17) is 9.47 Å². The molecule has 0 radical (unpaired) electrons. The molecule has 1 amide bonds. The summed E-state index contributed by atoms with van der Waals surface area (Å²) in [5.41, 5.74) is 1.32.